The Morgan fingerprint density at radius 2 is 2.06 bits per heavy atom. The quantitative estimate of drug-likeness (QED) is 0.781. The highest BCUT2D eigenvalue weighted by atomic mass is 16.5. The minimum atomic E-state index is -0.113. The fourth-order valence-electron chi connectivity index (χ4n) is 3.19. The van der Waals surface area contributed by atoms with Gasteiger partial charge in [-0.2, -0.15) is 0 Å². The Morgan fingerprint density at radius 3 is 2.61 bits per heavy atom. The molecule has 1 aliphatic carbocycles. The number of methoxy groups -OCH3 is 1. The third-order valence-electron chi connectivity index (χ3n) is 4.53. The number of ether oxygens (including phenoxy) is 1. The largest absolute Gasteiger partial charge is 0.381 e. The summed E-state index contributed by atoms with van der Waals surface area (Å²) >= 11 is 0. The monoisotopic (exact) mass is 254 g/mol. The Labute approximate surface area is 110 Å². The van der Waals surface area contributed by atoms with E-state index in [0.29, 0.717) is 12.1 Å². The fourth-order valence-corrected chi connectivity index (χ4v) is 3.19. The van der Waals surface area contributed by atoms with Crippen molar-refractivity contribution in [1.29, 1.82) is 0 Å². The second-order valence-electron chi connectivity index (χ2n) is 5.78. The van der Waals surface area contributed by atoms with E-state index in [1.165, 1.54) is 0 Å². The van der Waals surface area contributed by atoms with Crippen molar-refractivity contribution in [2.75, 3.05) is 20.2 Å². The number of hydrogen-bond donors (Lipinski definition) is 2. The van der Waals surface area contributed by atoms with Gasteiger partial charge in [-0.1, -0.05) is 13.3 Å². The van der Waals surface area contributed by atoms with Gasteiger partial charge in [0.25, 0.3) is 0 Å². The summed E-state index contributed by atoms with van der Waals surface area (Å²) in [6, 6.07) is 0.339. The summed E-state index contributed by atoms with van der Waals surface area (Å²) in [6.45, 7) is 4.11. The van der Waals surface area contributed by atoms with Gasteiger partial charge in [-0.3, -0.25) is 4.79 Å². The van der Waals surface area contributed by atoms with Crippen LogP contribution in [0.5, 0.6) is 0 Å². The number of carbonyl (C=O) groups excluding carboxylic acids is 1. The number of piperidine rings is 1. The molecule has 1 saturated heterocycles. The molecule has 1 amide bonds. The molecule has 0 aromatic rings. The highest BCUT2D eigenvalue weighted by Crippen LogP contribution is 2.35. The fraction of sp³-hybridized carbons (Fsp3) is 0.929. The average molecular weight is 254 g/mol. The van der Waals surface area contributed by atoms with E-state index in [4.69, 9.17) is 4.74 Å². The smallest absolute Gasteiger partial charge is 0.226 e. The van der Waals surface area contributed by atoms with Crippen molar-refractivity contribution >= 4 is 5.91 Å². The summed E-state index contributed by atoms with van der Waals surface area (Å²) in [6.07, 6.45) is 6.36. The molecule has 1 saturated carbocycles. The third-order valence-corrected chi connectivity index (χ3v) is 4.53. The normalized spacial score (nSPS) is 30.6. The maximum Gasteiger partial charge on any atom is 0.226 e. The van der Waals surface area contributed by atoms with Gasteiger partial charge in [-0.05, 0) is 45.2 Å². The van der Waals surface area contributed by atoms with Crippen LogP contribution in [0.3, 0.4) is 0 Å². The first-order valence-electron chi connectivity index (χ1n) is 7.24. The third kappa shape index (κ3) is 2.86. The molecule has 18 heavy (non-hydrogen) atoms. The summed E-state index contributed by atoms with van der Waals surface area (Å²) < 4.78 is 5.25. The molecule has 104 valence electrons. The zero-order valence-electron chi connectivity index (χ0n) is 11.6. The molecule has 2 rings (SSSR count). The molecule has 0 spiro atoms. The topological polar surface area (TPSA) is 50.4 Å². The van der Waals surface area contributed by atoms with Gasteiger partial charge in [0.15, 0.2) is 0 Å². The van der Waals surface area contributed by atoms with Gasteiger partial charge in [0.05, 0.1) is 11.5 Å². The number of rotatable bonds is 5. The van der Waals surface area contributed by atoms with Crippen LogP contribution in [-0.2, 0) is 9.53 Å². The first kappa shape index (κ1) is 13.8. The molecular formula is C14H26N2O2. The van der Waals surface area contributed by atoms with Crippen LogP contribution in [0.2, 0.25) is 0 Å². The molecule has 0 radical (unpaired) electrons. The Kier molecular flexibility index (Phi) is 4.62. The predicted molar refractivity (Wildman–Crippen MR) is 71.4 cm³/mol. The lowest BCUT2D eigenvalue weighted by Gasteiger charge is -2.40. The van der Waals surface area contributed by atoms with E-state index < -0.39 is 0 Å². The summed E-state index contributed by atoms with van der Waals surface area (Å²) in [7, 11) is 1.74. The summed E-state index contributed by atoms with van der Waals surface area (Å²) in [5.74, 6) is 0.283. The van der Waals surface area contributed by atoms with Gasteiger partial charge in [0.2, 0.25) is 5.91 Å². The van der Waals surface area contributed by atoms with Gasteiger partial charge in [0.1, 0.15) is 0 Å². The molecule has 2 aliphatic rings. The van der Waals surface area contributed by atoms with Crippen LogP contribution in [0.4, 0.5) is 0 Å². The van der Waals surface area contributed by atoms with Crippen molar-refractivity contribution in [2.45, 2.75) is 57.6 Å². The second-order valence-corrected chi connectivity index (χ2v) is 5.78. The van der Waals surface area contributed by atoms with Crippen LogP contribution in [0.1, 0.15) is 45.4 Å². The van der Waals surface area contributed by atoms with E-state index in [9.17, 15) is 4.79 Å². The number of carbonyl (C=O) groups is 1. The Bertz CT molecular complexity index is 276. The highest BCUT2D eigenvalue weighted by molar-refractivity contribution is 5.83. The second kappa shape index (κ2) is 6.02. The summed E-state index contributed by atoms with van der Waals surface area (Å²) in [5, 5.41) is 6.58. The van der Waals surface area contributed by atoms with E-state index in [-0.39, 0.29) is 11.3 Å². The van der Waals surface area contributed by atoms with Crippen molar-refractivity contribution in [3.63, 3.8) is 0 Å². The maximum absolute atomic E-state index is 12.5. The Hall–Kier alpha value is -0.610. The minimum Gasteiger partial charge on any atom is -0.381 e. The Balaban J connectivity index is 1.88. The zero-order chi connectivity index (χ0) is 13.0. The molecule has 1 heterocycles. The van der Waals surface area contributed by atoms with E-state index >= 15 is 0 Å². The molecule has 0 atom stereocenters. The zero-order valence-corrected chi connectivity index (χ0v) is 11.6. The van der Waals surface area contributed by atoms with Gasteiger partial charge >= 0.3 is 0 Å². The average Bonchev–Trinajstić information content (AvgIpc) is 2.34. The van der Waals surface area contributed by atoms with Gasteiger partial charge in [-0.25, -0.2) is 0 Å². The van der Waals surface area contributed by atoms with Crippen molar-refractivity contribution in [1.82, 2.24) is 10.6 Å². The van der Waals surface area contributed by atoms with E-state index in [0.717, 1.165) is 51.6 Å². The van der Waals surface area contributed by atoms with E-state index in [1.807, 2.05) is 0 Å². The van der Waals surface area contributed by atoms with Crippen LogP contribution in [0.25, 0.3) is 0 Å². The molecule has 2 fully saturated rings. The lowest BCUT2D eigenvalue weighted by molar-refractivity contribution is -0.135. The first-order chi connectivity index (χ1) is 8.70. The van der Waals surface area contributed by atoms with Crippen molar-refractivity contribution in [3.05, 3.63) is 0 Å². The van der Waals surface area contributed by atoms with Crippen LogP contribution in [-0.4, -0.2) is 38.3 Å². The number of nitrogens with one attached hydrogen (secondary N) is 2. The molecule has 0 aromatic heterocycles. The summed E-state index contributed by atoms with van der Waals surface area (Å²) in [5.41, 5.74) is -0.113. The van der Waals surface area contributed by atoms with Crippen LogP contribution in [0, 0.1) is 5.41 Å². The molecule has 1 aliphatic heterocycles. The van der Waals surface area contributed by atoms with Crippen molar-refractivity contribution in [2.24, 2.45) is 5.41 Å². The maximum atomic E-state index is 12.5. The lowest BCUT2D eigenvalue weighted by atomic mass is 9.74. The van der Waals surface area contributed by atoms with Gasteiger partial charge in [0, 0.05) is 13.2 Å². The molecule has 4 heteroatoms. The van der Waals surface area contributed by atoms with Crippen molar-refractivity contribution in [3.8, 4) is 0 Å². The van der Waals surface area contributed by atoms with Gasteiger partial charge in [-0.15, -0.1) is 0 Å². The lowest BCUT2D eigenvalue weighted by Crippen LogP contribution is -2.54. The summed E-state index contributed by atoms with van der Waals surface area (Å²) in [4.78, 5) is 12.5. The number of hydrogen-bond acceptors (Lipinski definition) is 3. The minimum absolute atomic E-state index is 0.113. The molecule has 2 N–H and O–H groups in total. The molecule has 0 unspecified atom stereocenters. The van der Waals surface area contributed by atoms with E-state index in [2.05, 4.69) is 17.6 Å². The first-order valence-corrected chi connectivity index (χ1v) is 7.24. The van der Waals surface area contributed by atoms with Crippen LogP contribution >= 0.6 is 0 Å². The van der Waals surface area contributed by atoms with Crippen molar-refractivity contribution < 1.29 is 9.53 Å². The number of amides is 1. The van der Waals surface area contributed by atoms with Crippen LogP contribution < -0.4 is 10.6 Å². The Morgan fingerprint density at radius 1 is 1.39 bits per heavy atom. The molecular weight excluding hydrogens is 228 g/mol. The molecule has 0 aromatic carbocycles. The van der Waals surface area contributed by atoms with Gasteiger partial charge < -0.3 is 15.4 Å². The molecule has 4 nitrogen and oxygen atoms in total. The van der Waals surface area contributed by atoms with E-state index in [1.54, 1.807) is 7.11 Å². The predicted octanol–water partition coefficient (Wildman–Crippen LogP) is 1.45. The highest BCUT2D eigenvalue weighted by Gasteiger charge is 2.41. The van der Waals surface area contributed by atoms with Crippen LogP contribution in [0.15, 0.2) is 0 Å². The standard InChI is InChI=1S/C14H26N2O2/c1-3-4-14(5-7-15-8-6-14)13(17)16-11-9-12(10-11)18-2/h11-12,15H,3-10H2,1-2H3,(H,16,17). The molecule has 0 bridgehead atoms. The SMILES string of the molecule is CCCC1(C(=O)NC2CC(OC)C2)CCNCC1.